The van der Waals surface area contributed by atoms with Crippen LogP contribution < -0.4 is 0 Å². The first kappa shape index (κ1) is 15.5. The zero-order chi connectivity index (χ0) is 15.4. The molecule has 110 valence electrons. The highest BCUT2D eigenvalue weighted by molar-refractivity contribution is 6.20. The summed E-state index contributed by atoms with van der Waals surface area (Å²) in [5, 5.41) is 20.5. The quantitative estimate of drug-likeness (QED) is 0.508. The van der Waals surface area contributed by atoms with Crippen LogP contribution in [0.5, 0.6) is 0 Å². The summed E-state index contributed by atoms with van der Waals surface area (Å²) < 4.78 is 0. The number of benzene rings is 2. The molecule has 21 heavy (non-hydrogen) atoms. The molecule has 0 aliphatic heterocycles. The molecule has 0 bridgehead atoms. The van der Waals surface area contributed by atoms with E-state index >= 15 is 0 Å². The Morgan fingerprint density at radius 3 is 2.14 bits per heavy atom. The number of hydrogen-bond donors (Lipinski definition) is 1. The first-order valence-electron chi connectivity index (χ1n) is 6.60. The van der Waals surface area contributed by atoms with Crippen molar-refractivity contribution >= 4 is 17.3 Å². The Kier molecular flexibility index (Phi) is 4.94. The van der Waals surface area contributed by atoms with Crippen LogP contribution in [-0.2, 0) is 0 Å². The molecule has 2 aromatic carbocycles. The highest BCUT2D eigenvalue weighted by Gasteiger charge is 2.16. The topological polar surface area (TPSA) is 63.4 Å². The molecule has 0 saturated carbocycles. The number of aryl methyl sites for hydroxylation is 1. The summed E-state index contributed by atoms with van der Waals surface area (Å²) >= 11 is 6.32. The Balaban J connectivity index is 2.04. The molecule has 0 aromatic heterocycles. The molecule has 0 spiro atoms. The zero-order valence-electron chi connectivity index (χ0n) is 11.6. The molecule has 0 heterocycles. The fourth-order valence-electron chi connectivity index (χ4n) is 2.06. The van der Waals surface area contributed by atoms with E-state index in [-0.39, 0.29) is 11.1 Å². The Labute approximate surface area is 128 Å². The van der Waals surface area contributed by atoms with E-state index in [1.165, 1.54) is 12.1 Å². The van der Waals surface area contributed by atoms with Gasteiger partial charge in [0.05, 0.1) is 16.4 Å². The van der Waals surface area contributed by atoms with Gasteiger partial charge < -0.3 is 5.11 Å². The van der Waals surface area contributed by atoms with Crippen LogP contribution >= 0.6 is 11.6 Å². The number of alkyl halides is 1. The lowest BCUT2D eigenvalue weighted by Gasteiger charge is -2.15. The van der Waals surface area contributed by atoms with Crippen molar-refractivity contribution in [1.29, 1.82) is 0 Å². The van der Waals surface area contributed by atoms with Gasteiger partial charge in [-0.2, -0.15) is 0 Å². The molecule has 0 amide bonds. The van der Waals surface area contributed by atoms with Crippen LogP contribution in [0.2, 0.25) is 0 Å². The molecule has 2 rings (SSSR count). The third-order valence-electron chi connectivity index (χ3n) is 3.36. The average molecular weight is 306 g/mol. The Morgan fingerprint density at radius 1 is 1.10 bits per heavy atom. The standard InChI is InChI=1S/C16H16ClNO3/c1-11-2-4-12(5-3-11)15(17)10-16(19)13-6-8-14(9-7-13)18(20)21/h2-9,15-16,19H,10H2,1H3/t15-,16-/m0/s1. The summed E-state index contributed by atoms with van der Waals surface area (Å²) in [5.41, 5.74) is 2.73. The molecule has 0 radical (unpaired) electrons. The molecule has 0 unspecified atom stereocenters. The second-order valence-electron chi connectivity index (χ2n) is 4.98. The number of nitro groups is 1. The van der Waals surface area contributed by atoms with Crippen molar-refractivity contribution in [2.24, 2.45) is 0 Å². The smallest absolute Gasteiger partial charge is 0.269 e. The predicted octanol–water partition coefficient (Wildman–Crippen LogP) is 4.31. The van der Waals surface area contributed by atoms with Crippen molar-refractivity contribution in [2.45, 2.75) is 24.8 Å². The lowest BCUT2D eigenvalue weighted by molar-refractivity contribution is -0.384. The van der Waals surface area contributed by atoms with Gasteiger partial charge in [0.1, 0.15) is 0 Å². The molecule has 0 saturated heterocycles. The fraction of sp³-hybridized carbons (Fsp3) is 0.250. The van der Waals surface area contributed by atoms with Crippen LogP contribution in [0.3, 0.4) is 0 Å². The maximum absolute atomic E-state index is 10.6. The van der Waals surface area contributed by atoms with Gasteiger partial charge in [0.15, 0.2) is 0 Å². The Morgan fingerprint density at radius 2 is 1.62 bits per heavy atom. The highest BCUT2D eigenvalue weighted by atomic mass is 35.5. The van der Waals surface area contributed by atoms with Gasteiger partial charge >= 0.3 is 0 Å². The normalized spacial score (nSPS) is 13.7. The second-order valence-corrected chi connectivity index (χ2v) is 5.51. The lowest BCUT2D eigenvalue weighted by Crippen LogP contribution is -2.02. The van der Waals surface area contributed by atoms with Crippen LogP contribution in [-0.4, -0.2) is 10.0 Å². The minimum Gasteiger partial charge on any atom is -0.388 e. The van der Waals surface area contributed by atoms with Gasteiger partial charge in [0.2, 0.25) is 0 Å². The summed E-state index contributed by atoms with van der Waals surface area (Å²) in [6.45, 7) is 2.00. The van der Waals surface area contributed by atoms with Crippen LogP contribution in [0.15, 0.2) is 48.5 Å². The van der Waals surface area contributed by atoms with E-state index in [0.717, 1.165) is 11.1 Å². The van der Waals surface area contributed by atoms with Crippen LogP contribution in [0, 0.1) is 17.0 Å². The summed E-state index contributed by atoms with van der Waals surface area (Å²) in [6, 6.07) is 13.7. The maximum atomic E-state index is 10.6. The van der Waals surface area contributed by atoms with Gasteiger partial charge in [0.25, 0.3) is 5.69 Å². The molecule has 5 heteroatoms. The molecule has 2 aromatic rings. The monoisotopic (exact) mass is 305 g/mol. The van der Waals surface area contributed by atoms with Gasteiger partial charge in [-0.05, 0) is 36.6 Å². The Hall–Kier alpha value is -1.91. The molecule has 0 aliphatic rings. The van der Waals surface area contributed by atoms with E-state index in [1.807, 2.05) is 31.2 Å². The number of non-ortho nitro benzene ring substituents is 1. The van der Waals surface area contributed by atoms with E-state index in [2.05, 4.69) is 0 Å². The minimum atomic E-state index is -0.755. The number of rotatable bonds is 5. The van der Waals surface area contributed by atoms with E-state index in [4.69, 9.17) is 11.6 Å². The second kappa shape index (κ2) is 6.70. The van der Waals surface area contributed by atoms with Crippen molar-refractivity contribution in [3.8, 4) is 0 Å². The number of hydrogen-bond acceptors (Lipinski definition) is 3. The van der Waals surface area contributed by atoms with E-state index in [1.54, 1.807) is 12.1 Å². The first-order valence-corrected chi connectivity index (χ1v) is 7.04. The fourth-order valence-corrected chi connectivity index (χ4v) is 2.38. The number of nitro benzene ring substituents is 1. The van der Waals surface area contributed by atoms with Crippen molar-refractivity contribution < 1.29 is 10.0 Å². The molecular formula is C16H16ClNO3. The van der Waals surface area contributed by atoms with Crippen LogP contribution in [0.25, 0.3) is 0 Å². The summed E-state index contributed by atoms with van der Waals surface area (Å²) in [7, 11) is 0. The van der Waals surface area contributed by atoms with Crippen molar-refractivity contribution in [1.82, 2.24) is 0 Å². The van der Waals surface area contributed by atoms with Gasteiger partial charge in [-0.25, -0.2) is 0 Å². The Bertz CT molecular complexity index is 610. The van der Waals surface area contributed by atoms with E-state index in [0.29, 0.717) is 12.0 Å². The lowest BCUT2D eigenvalue weighted by atomic mass is 10.00. The van der Waals surface area contributed by atoms with E-state index < -0.39 is 11.0 Å². The molecule has 0 aliphatic carbocycles. The van der Waals surface area contributed by atoms with Gasteiger partial charge in [-0.15, -0.1) is 11.6 Å². The molecule has 1 N–H and O–H groups in total. The number of halogens is 1. The van der Waals surface area contributed by atoms with E-state index in [9.17, 15) is 15.2 Å². The number of aliphatic hydroxyl groups excluding tert-OH is 1. The maximum Gasteiger partial charge on any atom is 0.269 e. The van der Waals surface area contributed by atoms with Crippen molar-refractivity contribution in [3.63, 3.8) is 0 Å². The summed E-state index contributed by atoms with van der Waals surface area (Å²) in [5.74, 6) is 0. The molecule has 0 fully saturated rings. The molecule has 4 nitrogen and oxygen atoms in total. The average Bonchev–Trinajstić information content (AvgIpc) is 2.47. The molecule has 2 atom stereocenters. The third kappa shape index (κ3) is 4.03. The zero-order valence-corrected chi connectivity index (χ0v) is 12.3. The first-order chi connectivity index (χ1) is 9.97. The van der Waals surface area contributed by atoms with Crippen LogP contribution in [0.1, 0.15) is 34.6 Å². The van der Waals surface area contributed by atoms with Crippen molar-refractivity contribution in [3.05, 3.63) is 75.3 Å². The summed E-state index contributed by atoms with van der Waals surface area (Å²) in [6.07, 6.45) is -0.405. The van der Waals surface area contributed by atoms with Gasteiger partial charge in [-0.1, -0.05) is 29.8 Å². The third-order valence-corrected chi connectivity index (χ3v) is 3.79. The highest BCUT2D eigenvalue weighted by Crippen LogP contribution is 2.32. The predicted molar refractivity (Wildman–Crippen MR) is 82.4 cm³/mol. The SMILES string of the molecule is Cc1ccc([C@@H](Cl)C[C@H](O)c2ccc([N+](=O)[O-])cc2)cc1. The van der Waals surface area contributed by atoms with Crippen LogP contribution in [0.4, 0.5) is 5.69 Å². The number of nitrogens with zero attached hydrogens (tertiary/aromatic N) is 1. The van der Waals surface area contributed by atoms with Gasteiger partial charge in [-0.3, -0.25) is 10.1 Å². The molecular weight excluding hydrogens is 290 g/mol. The summed E-state index contributed by atoms with van der Waals surface area (Å²) in [4.78, 5) is 10.1. The number of aliphatic hydroxyl groups is 1. The van der Waals surface area contributed by atoms with Crippen molar-refractivity contribution in [2.75, 3.05) is 0 Å². The largest absolute Gasteiger partial charge is 0.388 e. The minimum absolute atomic E-state index is 0.00640. The van der Waals surface area contributed by atoms with Gasteiger partial charge in [0, 0.05) is 12.1 Å².